The maximum atomic E-state index is 12.6. The van der Waals surface area contributed by atoms with Crippen LogP contribution in [0.2, 0.25) is 0 Å². The molecule has 26 heavy (non-hydrogen) atoms. The summed E-state index contributed by atoms with van der Waals surface area (Å²) in [4.78, 5) is 37.2. The molecule has 0 saturated heterocycles. The molecule has 2 amide bonds. The third kappa shape index (κ3) is 5.73. The highest BCUT2D eigenvalue weighted by molar-refractivity contribution is 5.97. The average molecular weight is 354 g/mol. The van der Waals surface area contributed by atoms with Gasteiger partial charge in [-0.05, 0) is 23.8 Å². The molecule has 6 nitrogen and oxygen atoms in total. The number of esters is 1. The smallest absolute Gasteiger partial charge is 0.306 e. The zero-order valence-electron chi connectivity index (χ0n) is 14.9. The number of hydrogen-bond acceptors (Lipinski definition) is 4. The van der Waals surface area contributed by atoms with E-state index in [4.69, 9.17) is 0 Å². The van der Waals surface area contributed by atoms with Gasteiger partial charge in [0.25, 0.3) is 5.91 Å². The highest BCUT2D eigenvalue weighted by atomic mass is 16.5. The highest BCUT2D eigenvalue weighted by Crippen LogP contribution is 2.14. The maximum absolute atomic E-state index is 12.6. The fraction of sp³-hybridized carbons (Fsp3) is 0.250. The molecule has 2 aromatic carbocycles. The van der Waals surface area contributed by atoms with Gasteiger partial charge in [-0.3, -0.25) is 14.4 Å². The number of amides is 2. The molecule has 0 spiro atoms. The van der Waals surface area contributed by atoms with Crippen LogP contribution in [0, 0.1) is 0 Å². The van der Waals surface area contributed by atoms with Gasteiger partial charge in [-0.1, -0.05) is 36.4 Å². The Bertz CT molecular complexity index is 774. The standard InChI is InChI=1S/C20H22N2O4/c1-22(14-15-7-4-3-5-8-15)20(25)16-9-6-10-17(13-16)21-18(23)11-12-19(24)26-2/h3-10,13H,11-12,14H2,1-2H3,(H,21,23). The van der Waals surface area contributed by atoms with E-state index in [2.05, 4.69) is 10.1 Å². The van der Waals surface area contributed by atoms with E-state index in [1.807, 2.05) is 30.3 Å². The lowest BCUT2D eigenvalue weighted by Crippen LogP contribution is -2.26. The number of carbonyl (C=O) groups excluding carboxylic acids is 3. The van der Waals surface area contributed by atoms with Crippen molar-refractivity contribution in [3.05, 3.63) is 65.7 Å². The zero-order chi connectivity index (χ0) is 18.9. The van der Waals surface area contributed by atoms with Crippen LogP contribution in [-0.2, 0) is 20.9 Å². The quantitative estimate of drug-likeness (QED) is 0.776. The van der Waals surface area contributed by atoms with Crippen LogP contribution in [-0.4, -0.2) is 36.8 Å². The number of methoxy groups -OCH3 is 1. The van der Waals surface area contributed by atoms with Gasteiger partial charge in [-0.2, -0.15) is 0 Å². The van der Waals surface area contributed by atoms with Crippen LogP contribution in [0.4, 0.5) is 5.69 Å². The van der Waals surface area contributed by atoms with E-state index in [-0.39, 0.29) is 24.7 Å². The fourth-order valence-electron chi connectivity index (χ4n) is 2.42. The molecule has 136 valence electrons. The normalized spacial score (nSPS) is 10.1. The number of anilines is 1. The summed E-state index contributed by atoms with van der Waals surface area (Å²) in [6.45, 7) is 0.495. The Morgan fingerprint density at radius 1 is 1.00 bits per heavy atom. The van der Waals surface area contributed by atoms with Gasteiger partial charge in [0.15, 0.2) is 0 Å². The van der Waals surface area contributed by atoms with Crippen LogP contribution in [0.25, 0.3) is 0 Å². The van der Waals surface area contributed by atoms with Crippen molar-refractivity contribution >= 4 is 23.5 Å². The molecule has 2 aromatic rings. The maximum Gasteiger partial charge on any atom is 0.306 e. The summed E-state index contributed by atoms with van der Waals surface area (Å²) < 4.78 is 4.51. The first-order valence-electron chi connectivity index (χ1n) is 8.25. The largest absolute Gasteiger partial charge is 0.469 e. The summed E-state index contributed by atoms with van der Waals surface area (Å²) >= 11 is 0. The summed E-state index contributed by atoms with van der Waals surface area (Å²) in [5, 5.41) is 2.69. The van der Waals surface area contributed by atoms with Gasteiger partial charge >= 0.3 is 5.97 Å². The number of ether oxygens (including phenoxy) is 1. The summed E-state index contributed by atoms with van der Waals surface area (Å²) in [5.74, 6) is -0.885. The van der Waals surface area contributed by atoms with Crippen molar-refractivity contribution in [2.45, 2.75) is 19.4 Å². The predicted molar refractivity (Wildman–Crippen MR) is 98.6 cm³/mol. The minimum atomic E-state index is -0.438. The molecular formula is C20H22N2O4. The second-order valence-corrected chi connectivity index (χ2v) is 5.85. The van der Waals surface area contributed by atoms with Gasteiger partial charge in [-0.15, -0.1) is 0 Å². The monoisotopic (exact) mass is 354 g/mol. The van der Waals surface area contributed by atoms with Crippen LogP contribution in [0.1, 0.15) is 28.8 Å². The van der Waals surface area contributed by atoms with Gasteiger partial charge in [0, 0.05) is 31.3 Å². The second kappa shape index (κ2) is 9.36. The van der Waals surface area contributed by atoms with Crippen LogP contribution in [0.5, 0.6) is 0 Å². The molecule has 0 radical (unpaired) electrons. The summed E-state index contributed by atoms with van der Waals surface area (Å²) in [5.41, 5.74) is 2.03. The first-order chi connectivity index (χ1) is 12.5. The van der Waals surface area contributed by atoms with Crippen LogP contribution in [0.3, 0.4) is 0 Å². The Morgan fingerprint density at radius 2 is 1.73 bits per heavy atom. The molecule has 0 aromatic heterocycles. The molecule has 0 fully saturated rings. The molecule has 6 heteroatoms. The number of rotatable bonds is 7. The Balaban J connectivity index is 1.97. The van der Waals surface area contributed by atoms with Crippen molar-refractivity contribution in [1.29, 1.82) is 0 Å². The van der Waals surface area contributed by atoms with Crippen LogP contribution < -0.4 is 5.32 Å². The van der Waals surface area contributed by atoms with Crippen molar-refractivity contribution in [2.24, 2.45) is 0 Å². The second-order valence-electron chi connectivity index (χ2n) is 5.85. The fourth-order valence-corrected chi connectivity index (χ4v) is 2.42. The van der Waals surface area contributed by atoms with E-state index >= 15 is 0 Å². The first kappa shape index (κ1) is 19.2. The third-order valence-electron chi connectivity index (χ3n) is 3.79. The molecule has 0 unspecified atom stereocenters. The Labute approximate surface area is 152 Å². The van der Waals surface area contributed by atoms with Crippen molar-refractivity contribution in [2.75, 3.05) is 19.5 Å². The summed E-state index contributed by atoms with van der Waals surface area (Å²) in [6.07, 6.45) is 0.0412. The Morgan fingerprint density at radius 3 is 2.42 bits per heavy atom. The number of hydrogen-bond donors (Lipinski definition) is 1. The van der Waals surface area contributed by atoms with E-state index in [1.165, 1.54) is 7.11 Å². The number of nitrogens with one attached hydrogen (secondary N) is 1. The lowest BCUT2D eigenvalue weighted by Gasteiger charge is -2.18. The van der Waals surface area contributed by atoms with Crippen molar-refractivity contribution in [1.82, 2.24) is 4.90 Å². The SMILES string of the molecule is COC(=O)CCC(=O)Nc1cccc(C(=O)N(C)Cc2ccccc2)c1. The lowest BCUT2D eigenvalue weighted by molar-refractivity contribution is -0.141. The number of carbonyl (C=O) groups is 3. The van der Waals surface area contributed by atoms with Gasteiger partial charge in [0.1, 0.15) is 0 Å². The Hall–Kier alpha value is -3.15. The minimum absolute atomic E-state index is 0.0147. The molecule has 0 saturated carbocycles. The van der Waals surface area contributed by atoms with E-state index in [0.717, 1.165) is 5.56 Å². The van der Waals surface area contributed by atoms with Crippen LogP contribution >= 0.6 is 0 Å². The molecule has 0 aliphatic carbocycles. The highest BCUT2D eigenvalue weighted by Gasteiger charge is 2.13. The molecule has 0 bridgehead atoms. The first-order valence-corrected chi connectivity index (χ1v) is 8.25. The van der Waals surface area contributed by atoms with E-state index in [9.17, 15) is 14.4 Å². The topological polar surface area (TPSA) is 75.7 Å². The van der Waals surface area contributed by atoms with Gasteiger partial charge in [0.2, 0.25) is 5.91 Å². The van der Waals surface area contributed by atoms with Gasteiger partial charge in [0.05, 0.1) is 13.5 Å². The molecule has 0 atom stereocenters. The Kier molecular flexibility index (Phi) is 6.91. The zero-order valence-corrected chi connectivity index (χ0v) is 14.9. The van der Waals surface area contributed by atoms with Crippen LogP contribution in [0.15, 0.2) is 54.6 Å². The molecular weight excluding hydrogens is 332 g/mol. The molecule has 0 aliphatic heterocycles. The van der Waals surface area contributed by atoms with Gasteiger partial charge < -0.3 is 15.0 Å². The number of benzene rings is 2. The molecule has 1 N–H and O–H groups in total. The van der Waals surface area contributed by atoms with E-state index in [0.29, 0.717) is 17.8 Å². The molecule has 0 heterocycles. The average Bonchev–Trinajstić information content (AvgIpc) is 2.66. The van der Waals surface area contributed by atoms with Crippen molar-refractivity contribution in [3.8, 4) is 0 Å². The van der Waals surface area contributed by atoms with E-state index in [1.54, 1.807) is 36.2 Å². The lowest BCUT2D eigenvalue weighted by atomic mass is 10.1. The van der Waals surface area contributed by atoms with E-state index < -0.39 is 5.97 Å². The summed E-state index contributed by atoms with van der Waals surface area (Å²) in [6, 6.07) is 16.4. The minimum Gasteiger partial charge on any atom is -0.469 e. The van der Waals surface area contributed by atoms with Gasteiger partial charge in [-0.25, -0.2) is 0 Å². The van der Waals surface area contributed by atoms with Crippen molar-refractivity contribution < 1.29 is 19.1 Å². The summed E-state index contributed by atoms with van der Waals surface area (Å²) in [7, 11) is 3.01. The molecule has 0 aliphatic rings. The number of nitrogens with zero attached hydrogens (tertiary/aromatic N) is 1. The third-order valence-corrected chi connectivity index (χ3v) is 3.79. The van der Waals surface area contributed by atoms with Crippen molar-refractivity contribution in [3.63, 3.8) is 0 Å². The predicted octanol–water partition coefficient (Wildman–Crippen LogP) is 2.85. The molecule has 2 rings (SSSR count).